The van der Waals surface area contributed by atoms with Gasteiger partial charge in [0.15, 0.2) is 5.76 Å². The number of rotatable bonds is 6. The molecule has 9 heteroatoms. The molecule has 0 aliphatic heterocycles. The maximum absolute atomic E-state index is 12.1. The quantitative estimate of drug-likeness (QED) is 0.827. The van der Waals surface area contributed by atoms with Crippen molar-refractivity contribution in [2.45, 2.75) is 25.7 Å². The fourth-order valence-electron chi connectivity index (χ4n) is 2.00. The van der Waals surface area contributed by atoms with Gasteiger partial charge in [-0.15, -0.1) is 13.2 Å². The first-order chi connectivity index (χ1) is 11.7. The summed E-state index contributed by atoms with van der Waals surface area (Å²) in [5, 5.41) is 11.2. The van der Waals surface area contributed by atoms with Crippen LogP contribution in [0.5, 0.6) is 5.75 Å². The smallest absolute Gasteiger partial charge is 0.480 e. The van der Waals surface area contributed by atoms with Crippen LogP contribution < -0.4 is 10.1 Å². The molecule has 0 spiro atoms. The fraction of sp³-hybridized carbons (Fsp3) is 0.250. The summed E-state index contributed by atoms with van der Waals surface area (Å²) in [5.41, 5.74) is 0.429. The second kappa shape index (κ2) is 7.29. The van der Waals surface area contributed by atoms with Crippen LogP contribution in [-0.4, -0.2) is 29.4 Å². The third kappa shape index (κ3) is 5.00. The number of carbonyl (C=O) groups excluding carboxylic acids is 1. The van der Waals surface area contributed by atoms with E-state index in [0.717, 1.165) is 12.1 Å². The average molecular weight is 357 g/mol. The normalized spacial score (nSPS) is 12.5. The van der Waals surface area contributed by atoms with Crippen molar-refractivity contribution in [1.29, 1.82) is 0 Å². The summed E-state index contributed by atoms with van der Waals surface area (Å²) in [6, 6.07) is 6.67. The van der Waals surface area contributed by atoms with Crippen LogP contribution in [0.4, 0.5) is 13.2 Å². The standard InChI is InChI=1S/C16H14F3NO5/c1-2-11(15(22)23)20-14(21)13-8-7-12(24-13)9-3-5-10(6-4-9)25-16(17,18)19/h3-8,11H,2H2,1H3,(H,20,21)(H,22,23)/t11-/m0/s1. The third-order valence-corrected chi connectivity index (χ3v) is 3.21. The Labute approximate surface area is 140 Å². The van der Waals surface area contributed by atoms with Crippen LogP contribution in [0.3, 0.4) is 0 Å². The van der Waals surface area contributed by atoms with E-state index >= 15 is 0 Å². The average Bonchev–Trinajstić information content (AvgIpc) is 3.01. The topological polar surface area (TPSA) is 88.8 Å². The number of carbonyl (C=O) groups is 2. The molecule has 2 aromatic rings. The van der Waals surface area contributed by atoms with Crippen LogP contribution in [0.1, 0.15) is 23.9 Å². The molecule has 0 bridgehead atoms. The van der Waals surface area contributed by atoms with Gasteiger partial charge in [-0.05, 0) is 42.8 Å². The van der Waals surface area contributed by atoms with Crippen molar-refractivity contribution in [3.8, 4) is 17.1 Å². The first kappa shape index (κ1) is 18.4. The number of carboxylic acid groups (broad SMARTS) is 1. The lowest BCUT2D eigenvalue weighted by Crippen LogP contribution is -2.40. The van der Waals surface area contributed by atoms with E-state index in [-0.39, 0.29) is 23.7 Å². The number of benzene rings is 1. The molecule has 1 heterocycles. The summed E-state index contributed by atoms with van der Waals surface area (Å²) in [6.45, 7) is 1.61. The van der Waals surface area contributed by atoms with Gasteiger partial charge in [-0.25, -0.2) is 4.79 Å². The fourth-order valence-corrected chi connectivity index (χ4v) is 2.00. The Morgan fingerprint density at radius 2 is 1.84 bits per heavy atom. The summed E-state index contributed by atoms with van der Waals surface area (Å²) in [4.78, 5) is 22.9. The molecule has 0 fully saturated rings. The lowest BCUT2D eigenvalue weighted by atomic mass is 10.2. The van der Waals surface area contributed by atoms with Crippen LogP contribution in [0.25, 0.3) is 11.3 Å². The van der Waals surface area contributed by atoms with Gasteiger partial charge >= 0.3 is 12.3 Å². The highest BCUT2D eigenvalue weighted by molar-refractivity contribution is 5.94. The molecule has 0 radical (unpaired) electrons. The molecule has 1 amide bonds. The summed E-state index contributed by atoms with van der Waals surface area (Å²) in [7, 11) is 0. The van der Waals surface area contributed by atoms with Crippen molar-refractivity contribution < 1.29 is 37.0 Å². The predicted molar refractivity (Wildman–Crippen MR) is 80.0 cm³/mol. The highest BCUT2D eigenvalue weighted by Gasteiger charge is 2.31. The summed E-state index contributed by atoms with van der Waals surface area (Å²) >= 11 is 0. The number of hydrogen-bond donors (Lipinski definition) is 2. The van der Waals surface area contributed by atoms with Gasteiger partial charge in [0, 0.05) is 5.56 Å². The van der Waals surface area contributed by atoms with Gasteiger partial charge in [0.2, 0.25) is 0 Å². The molecule has 1 aromatic carbocycles. The molecule has 0 aliphatic rings. The van der Waals surface area contributed by atoms with Crippen molar-refractivity contribution >= 4 is 11.9 Å². The van der Waals surface area contributed by atoms with Gasteiger partial charge in [-0.3, -0.25) is 4.79 Å². The number of nitrogens with one attached hydrogen (secondary N) is 1. The van der Waals surface area contributed by atoms with Gasteiger partial charge < -0.3 is 19.6 Å². The Morgan fingerprint density at radius 3 is 2.36 bits per heavy atom. The maximum atomic E-state index is 12.1. The Hall–Kier alpha value is -2.97. The van der Waals surface area contributed by atoms with Crippen LogP contribution in [0.2, 0.25) is 0 Å². The van der Waals surface area contributed by atoms with Gasteiger partial charge in [0.1, 0.15) is 17.6 Å². The minimum absolute atomic E-state index is 0.106. The molecule has 0 saturated heterocycles. The molecule has 2 N–H and O–H groups in total. The molecule has 6 nitrogen and oxygen atoms in total. The summed E-state index contributed by atoms with van der Waals surface area (Å²) in [5.74, 6) is -2.11. The lowest BCUT2D eigenvalue weighted by Gasteiger charge is -2.10. The SMILES string of the molecule is CC[C@H](NC(=O)c1ccc(-c2ccc(OC(F)(F)F)cc2)o1)C(=O)O. The van der Waals surface area contributed by atoms with Gasteiger partial charge in [0.05, 0.1) is 0 Å². The van der Waals surface area contributed by atoms with Crippen molar-refractivity contribution in [2.24, 2.45) is 0 Å². The number of aliphatic carboxylic acids is 1. The van der Waals surface area contributed by atoms with E-state index in [9.17, 15) is 22.8 Å². The number of furan rings is 1. The number of carboxylic acids is 1. The number of hydrogen-bond acceptors (Lipinski definition) is 4. The first-order valence-corrected chi connectivity index (χ1v) is 7.19. The third-order valence-electron chi connectivity index (χ3n) is 3.21. The Kier molecular flexibility index (Phi) is 5.35. The van der Waals surface area contributed by atoms with Crippen molar-refractivity contribution in [3.05, 3.63) is 42.2 Å². The molecular weight excluding hydrogens is 343 g/mol. The van der Waals surface area contributed by atoms with Gasteiger partial charge in [0.25, 0.3) is 5.91 Å². The highest BCUT2D eigenvalue weighted by Crippen LogP contribution is 2.27. The zero-order valence-corrected chi connectivity index (χ0v) is 13.0. The van der Waals surface area contributed by atoms with Crippen LogP contribution in [0, 0.1) is 0 Å². The van der Waals surface area contributed by atoms with E-state index in [0.29, 0.717) is 5.56 Å². The molecule has 2 rings (SSSR count). The minimum atomic E-state index is -4.78. The number of ether oxygens (including phenoxy) is 1. The van der Waals surface area contributed by atoms with Gasteiger partial charge in [-0.2, -0.15) is 0 Å². The maximum Gasteiger partial charge on any atom is 0.573 e. The van der Waals surface area contributed by atoms with Crippen LogP contribution in [-0.2, 0) is 4.79 Å². The van der Waals surface area contributed by atoms with Crippen LogP contribution in [0.15, 0.2) is 40.8 Å². The molecule has 25 heavy (non-hydrogen) atoms. The van der Waals surface area contributed by atoms with E-state index in [2.05, 4.69) is 10.1 Å². The molecule has 134 valence electrons. The number of amides is 1. The monoisotopic (exact) mass is 357 g/mol. The van der Waals surface area contributed by atoms with Crippen molar-refractivity contribution in [3.63, 3.8) is 0 Å². The molecular formula is C16H14F3NO5. The molecule has 0 saturated carbocycles. The molecule has 0 unspecified atom stereocenters. The van der Waals surface area contributed by atoms with Crippen molar-refractivity contribution in [1.82, 2.24) is 5.32 Å². The Bertz CT molecular complexity index is 752. The summed E-state index contributed by atoms with van der Waals surface area (Å²) in [6.07, 6.45) is -4.58. The van der Waals surface area contributed by atoms with Gasteiger partial charge in [-0.1, -0.05) is 6.92 Å². The van der Waals surface area contributed by atoms with Crippen molar-refractivity contribution in [2.75, 3.05) is 0 Å². The molecule has 1 atom stereocenters. The second-order valence-corrected chi connectivity index (χ2v) is 5.01. The Morgan fingerprint density at radius 1 is 1.20 bits per heavy atom. The predicted octanol–water partition coefficient (Wildman–Crippen LogP) is 3.44. The number of halogens is 3. The highest BCUT2D eigenvalue weighted by atomic mass is 19.4. The molecule has 1 aromatic heterocycles. The number of alkyl halides is 3. The largest absolute Gasteiger partial charge is 0.573 e. The van der Waals surface area contributed by atoms with Crippen LogP contribution >= 0.6 is 0 Å². The zero-order valence-electron chi connectivity index (χ0n) is 13.0. The van der Waals surface area contributed by atoms with E-state index in [1.54, 1.807) is 6.92 Å². The second-order valence-electron chi connectivity index (χ2n) is 5.01. The lowest BCUT2D eigenvalue weighted by molar-refractivity contribution is -0.274. The Balaban J connectivity index is 2.10. The zero-order chi connectivity index (χ0) is 18.6. The first-order valence-electron chi connectivity index (χ1n) is 7.19. The van der Waals surface area contributed by atoms with E-state index < -0.39 is 24.3 Å². The molecule has 0 aliphatic carbocycles. The van der Waals surface area contributed by atoms with E-state index in [1.165, 1.54) is 24.3 Å². The van der Waals surface area contributed by atoms with E-state index in [4.69, 9.17) is 9.52 Å². The minimum Gasteiger partial charge on any atom is -0.480 e. The summed E-state index contributed by atoms with van der Waals surface area (Å²) < 4.78 is 45.5. The van der Waals surface area contributed by atoms with E-state index in [1.807, 2.05) is 0 Å².